The fourth-order valence-electron chi connectivity index (χ4n) is 3.92. The van der Waals surface area contributed by atoms with Crippen LogP contribution in [0.1, 0.15) is 50.3 Å². The molecule has 2 aliphatic rings. The first-order valence-corrected chi connectivity index (χ1v) is 7.22. The van der Waals surface area contributed by atoms with Crippen molar-refractivity contribution in [1.29, 1.82) is 0 Å². The van der Waals surface area contributed by atoms with Gasteiger partial charge in [0.15, 0.2) is 0 Å². The van der Waals surface area contributed by atoms with Gasteiger partial charge < -0.3 is 5.11 Å². The quantitative estimate of drug-likeness (QED) is 0.822. The number of fused-ring (bicyclic) bond motifs is 1. The fourth-order valence-corrected chi connectivity index (χ4v) is 3.92. The Morgan fingerprint density at radius 2 is 1.78 bits per heavy atom. The molecule has 1 aliphatic heterocycles. The molecule has 0 radical (unpaired) electrons. The molecule has 0 saturated carbocycles. The molecule has 2 nitrogen and oxygen atoms in total. The van der Waals surface area contributed by atoms with Crippen molar-refractivity contribution in [3.8, 4) is 0 Å². The molecule has 0 spiro atoms. The van der Waals surface area contributed by atoms with Crippen LogP contribution in [-0.4, -0.2) is 28.1 Å². The molecule has 2 unspecified atom stereocenters. The molecule has 4 atom stereocenters. The minimum absolute atomic E-state index is 0.285. The smallest absolute Gasteiger partial charge is 0.0951 e. The molecular formula is C16H23NO. The Balaban J connectivity index is 1.86. The highest BCUT2D eigenvalue weighted by Crippen LogP contribution is 2.38. The second kappa shape index (κ2) is 4.67. The van der Waals surface area contributed by atoms with Gasteiger partial charge in [-0.3, -0.25) is 4.90 Å². The van der Waals surface area contributed by atoms with Crippen LogP contribution < -0.4 is 0 Å². The third-order valence-electron chi connectivity index (χ3n) is 4.81. The van der Waals surface area contributed by atoms with Gasteiger partial charge in [-0.1, -0.05) is 30.7 Å². The van der Waals surface area contributed by atoms with Crippen LogP contribution in [0.5, 0.6) is 0 Å². The lowest BCUT2D eigenvalue weighted by molar-refractivity contribution is -0.00749. The summed E-state index contributed by atoms with van der Waals surface area (Å²) in [4.78, 5) is 2.56. The molecule has 3 rings (SSSR count). The van der Waals surface area contributed by atoms with Crippen LogP contribution in [0.2, 0.25) is 0 Å². The maximum Gasteiger partial charge on any atom is 0.0951 e. The number of rotatable bonds is 1. The average molecular weight is 245 g/mol. The Morgan fingerprint density at radius 1 is 1.11 bits per heavy atom. The van der Waals surface area contributed by atoms with Gasteiger partial charge in [0.25, 0.3) is 0 Å². The zero-order valence-corrected chi connectivity index (χ0v) is 11.3. The van der Waals surface area contributed by atoms with E-state index in [-0.39, 0.29) is 12.1 Å². The summed E-state index contributed by atoms with van der Waals surface area (Å²) < 4.78 is 0. The third-order valence-corrected chi connectivity index (χ3v) is 4.81. The fraction of sp³-hybridized carbons (Fsp3) is 0.625. The normalized spacial score (nSPS) is 36.6. The van der Waals surface area contributed by atoms with Crippen LogP contribution in [0.3, 0.4) is 0 Å². The number of benzene rings is 1. The predicted molar refractivity (Wildman–Crippen MR) is 73.5 cm³/mol. The molecule has 18 heavy (non-hydrogen) atoms. The second-order valence-electron chi connectivity index (χ2n) is 5.99. The van der Waals surface area contributed by atoms with Crippen molar-refractivity contribution in [2.24, 2.45) is 0 Å². The van der Waals surface area contributed by atoms with Crippen LogP contribution in [0.15, 0.2) is 24.3 Å². The molecule has 0 amide bonds. The van der Waals surface area contributed by atoms with E-state index in [1.807, 2.05) is 6.07 Å². The Kier molecular flexibility index (Phi) is 3.16. The van der Waals surface area contributed by atoms with E-state index >= 15 is 0 Å². The van der Waals surface area contributed by atoms with Gasteiger partial charge in [-0.2, -0.15) is 0 Å². The monoisotopic (exact) mass is 245 g/mol. The topological polar surface area (TPSA) is 23.5 Å². The van der Waals surface area contributed by atoms with Gasteiger partial charge in [-0.05, 0) is 44.2 Å². The molecular weight excluding hydrogens is 222 g/mol. The standard InChI is InChI=1S/C16H23NO/c1-11-6-5-7-12(2)17(11)15-10-13-8-3-4-9-14(13)16(15)18/h3-4,8-9,11-12,15-16,18H,5-7,10H2,1-2H3/t11?,12?,15-,16-/m1/s1. The highest BCUT2D eigenvalue weighted by atomic mass is 16.3. The Bertz CT molecular complexity index is 421. The van der Waals surface area contributed by atoms with Gasteiger partial charge in [0.05, 0.1) is 6.10 Å². The van der Waals surface area contributed by atoms with Crippen LogP contribution in [0.25, 0.3) is 0 Å². The summed E-state index contributed by atoms with van der Waals surface area (Å²) in [6, 6.07) is 9.85. The van der Waals surface area contributed by atoms with Gasteiger partial charge in [0, 0.05) is 18.1 Å². The van der Waals surface area contributed by atoms with E-state index in [0.29, 0.717) is 12.1 Å². The average Bonchev–Trinajstić information content (AvgIpc) is 2.68. The van der Waals surface area contributed by atoms with E-state index in [1.54, 1.807) is 0 Å². The van der Waals surface area contributed by atoms with E-state index in [1.165, 1.54) is 24.8 Å². The van der Waals surface area contributed by atoms with Crippen LogP contribution in [0, 0.1) is 0 Å². The molecule has 1 aromatic carbocycles. The highest BCUT2D eigenvalue weighted by Gasteiger charge is 2.39. The van der Waals surface area contributed by atoms with Crippen molar-refractivity contribution in [1.82, 2.24) is 4.90 Å². The zero-order chi connectivity index (χ0) is 12.7. The summed E-state index contributed by atoms with van der Waals surface area (Å²) in [6.07, 6.45) is 4.57. The maximum atomic E-state index is 10.6. The summed E-state index contributed by atoms with van der Waals surface area (Å²) in [5, 5.41) is 10.6. The predicted octanol–water partition coefficient (Wildman–Crippen LogP) is 2.91. The molecule has 1 aliphatic carbocycles. The largest absolute Gasteiger partial charge is 0.387 e. The molecule has 0 aromatic heterocycles. The molecule has 1 fully saturated rings. The number of aliphatic hydroxyl groups excluding tert-OH is 1. The third kappa shape index (κ3) is 1.88. The second-order valence-corrected chi connectivity index (χ2v) is 5.99. The van der Waals surface area contributed by atoms with Crippen molar-refractivity contribution in [2.45, 2.75) is 63.8 Å². The van der Waals surface area contributed by atoms with Crippen molar-refractivity contribution in [2.75, 3.05) is 0 Å². The first kappa shape index (κ1) is 12.2. The van der Waals surface area contributed by atoms with Gasteiger partial charge >= 0.3 is 0 Å². The van der Waals surface area contributed by atoms with E-state index in [0.717, 1.165) is 12.0 Å². The number of hydrogen-bond acceptors (Lipinski definition) is 2. The SMILES string of the molecule is CC1CCCC(C)N1[C@@H]1Cc2ccccc2[C@H]1O. The molecule has 2 heteroatoms. The maximum absolute atomic E-state index is 10.6. The van der Waals surface area contributed by atoms with Crippen molar-refractivity contribution >= 4 is 0 Å². The van der Waals surface area contributed by atoms with E-state index in [2.05, 4.69) is 36.9 Å². The van der Waals surface area contributed by atoms with Gasteiger partial charge in [-0.25, -0.2) is 0 Å². The molecule has 0 bridgehead atoms. The summed E-state index contributed by atoms with van der Waals surface area (Å²) >= 11 is 0. The van der Waals surface area contributed by atoms with Crippen LogP contribution in [-0.2, 0) is 6.42 Å². The summed E-state index contributed by atoms with van der Waals surface area (Å²) in [7, 11) is 0. The van der Waals surface area contributed by atoms with Crippen molar-refractivity contribution < 1.29 is 5.11 Å². The Hall–Kier alpha value is -0.860. The number of likely N-dealkylation sites (tertiary alicyclic amines) is 1. The summed E-state index contributed by atoms with van der Waals surface area (Å²) in [5.74, 6) is 0. The Morgan fingerprint density at radius 3 is 2.44 bits per heavy atom. The minimum Gasteiger partial charge on any atom is -0.387 e. The Labute approximate surface area is 110 Å². The van der Waals surface area contributed by atoms with Gasteiger partial charge in [0.2, 0.25) is 0 Å². The van der Waals surface area contributed by atoms with E-state index < -0.39 is 0 Å². The summed E-state index contributed by atoms with van der Waals surface area (Å²) in [5.41, 5.74) is 2.48. The minimum atomic E-state index is -0.302. The highest BCUT2D eigenvalue weighted by molar-refractivity contribution is 5.36. The number of aliphatic hydroxyl groups is 1. The van der Waals surface area contributed by atoms with E-state index in [4.69, 9.17) is 0 Å². The molecule has 1 N–H and O–H groups in total. The molecule has 1 aromatic rings. The van der Waals surface area contributed by atoms with Gasteiger partial charge in [-0.15, -0.1) is 0 Å². The van der Waals surface area contributed by atoms with Crippen molar-refractivity contribution in [3.05, 3.63) is 35.4 Å². The number of hydrogen-bond donors (Lipinski definition) is 1. The molecule has 1 saturated heterocycles. The number of piperidine rings is 1. The van der Waals surface area contributed by atoms with Crippen molar-refractivity contribution in [3.63, 3.8) is 0 Å². The first-order valence-electron chi connectivity index (χ1n) is 7.22. The molecule has 1 heterocycles. The lowest BCUT2D eigenvalue weighted by atomic mass is 9.93. The van der Waals surface area contributed by atoms with Crippen LogP contribution >= 0.6 is 0 Å². The summed E-state index contributed by atoms with van der Waals surface area (Å²) in [6.45, 7) is 4.62. The first-order chi connectivity index (χ1) is 8.68. The van der Waals surface area contributed by atoms with E-state index in [9.17, 15) is 5.11 Å². The molecule has 98 valence electrons. The van der Waals surface area contributed by atoms with Gasteiger partial charge in [0.1, 0.15) is 0 Å². The zero-order valence-electron chi connectivity index (χ0n) is 11.3. The number of nitrogens with zero attached hydrogens (tertiary/aromatic N) is 1. The van der Waals surface area contributed by atoms with Crippen LogP contribution in [0.4, 0.5) is 0 Å². The lowest BCUT2D eigenvalue weighted by Crippen LogP contribution is -2.51. The lowest BCUT2D eigenvalue weighted by Gasteiger charge is -2.44.